The van der Waals surface area contributed by atoms with Crippen LogP contribution in [0.15, 0.2) is 24.4 Å². The average molecular weight is 428 g/mol. The van der Waals surface area contributed by atoms with Crippen molar-refractivity contribution in [1.29, 1.82) is 0 Å². The van der Waals surface area contributed by atoms with Gasteiger partial charge in [-0.05, 0) is 43.5 Å². The van der Waals surface area contributed by atoms with Crippen LogP contribution in [0.25, 0.3) is 0 Å². The van der Waals surface area contributed by atoms with Gasteiger partial charge in [-0.3, -0.25) is 9.59 Å². The number of aromatic nitrogens is 1. The quantitative estimate of drug-likeness (QED) is 0.688. The highest BCUT2D eigenvalue weighted by atomic mass is 16.5. The number of ether oxygens (including phenoxy) is 3. The second-order valence-electron chi connectivity index (χ2n) is 7.58. The Morgan fingerprint density at radius 1 is 0.935 bits per heavy atom. The van der Waals surface area contributed by atoms with Crippen molar-refractivity contribution in [2.45, 2.75) is 39.0 Å². The molecule has 0 bridgehead atoms. The number of nitrogens with zero attached hydrogens (tertiary/aromatic N) is 1. The summed E-state index contributed by atoms with van der Waals surface area (Å²) < 4.78 is 15.9. The predicted molar refractivity (Wildman–Crippen MR) is 118 cm³/mol. The third kappa shape index (κ3) is 5.25. The molecular formula is C23H29N3O5. The Morgan fingerprint density at radius 2 is 1.58 bits per heavy atom. The van der Waals surface area contributed by atoms with E-state index in [4.69, 9.17) is 14.2 Å². The van der Waals surface area contributed by atoms with Crippen LogP contribution in [0.3, 0.4) is 0 Å². The lowest BCUT2D eigenvalue weighted by Gasteiger charge is -2.20. The monoisotopic (exact) mass is 427 g/mol. The van der Waals surface area contributed by atoms with Crippen LogP contribution >= 0.6 is 0 Å². The van der Waals surface area contributed by atoms with Gasteiger partial charge in [0.1, 0.15) is 5.82 Å². The molecule has 0 spiro atoms. The van der Waals surface area contributed by atoms with Crippen molar-refractivity contribution in [3.63, 3.8) is 0 Å². The van der Waals surface area contributed by atoms with E-state index in [1.54, 1.807) is 24.4 Å². The zero-order valence-corrected chi connectivity index (χ0v) is 18.4. The van der Waals surface area contributed by atoms with Gasteiger partial charge in [0.2, 0.25) is 11.7 Å². The first kappa shape index (κ1) is 22.4. The number of anilines is 2. The first-order chi connectivity index (χ1) is 15.0. The second-order valence-corrected chi connectivity index (χ2v) is 7.58. The maximum absolute atomic E-state index is 12.8. The maximum atomic E-state index is 12.8. The van der Waals surface area contributed by atoms with Crippen molar-refractivity contribution in [3.05, 3.63) is 35.5 Å². The SMILES string of the molecule is COc1cc(C(=O)Nc2cnc(NC(=O)C3CCCCC3)cc2C)cc(OC)c1OC. The number of carbonyl (C=O) groups is 2. The van der Waals surface area contributed by atoms with Gasteiger partial charge in [-0.25, -0.2) is 4.98 Å². The Hall–Kier alpha value is -3.29. The minimum atomic E-state index is -0.344. The summed E-state index contributed by atoms with van der Waals surface area (Å²) >= 11 is 0. The lowest BCUT2D eigenvalue weighted by Crippen LogP contribution is -2.25. The number of methoxy groups -OCH3 is 3. The van der Waals surface area contributed by atoms with Gasteiger partial charge in [0.05, 0.1) is 33.2 Å². The number of hydrogen-bond acceptors (Lipinski definition) is 6. The summed E-state index contributed by atoms with van der Waals surface area (Å²) in [5.41, 5.74) is 1.69. The van der Waals surface area contributed by atoms with Crippen LogP contribution in [0.2, 0.25) is 0 Å². The molecule has 8 nitrogen and oxygen atoms in total. The van der Waals surface area contributed by atoms with Crippen molar-refractivity contribution in [1.82, 2.24) is 4.98 Å². The largest absolute Gasteiger partial charge is 0.493 e. The number of carbonyl (C=O) groups excluding carboxylic acids is 2. The number of nitrogens with one attached hydrogen (secondary N) is 2. The number of benzene rings is 1. The van der Waals surface area contributed by atoms with Crippen molar-refractivity contribution < 1.29 is 23.8 Å². The molecule has 166 valence electrons. The Balaban J connectivity index is 1.72. The fourth-order valence-corrected chi connectivity index (χ4v) is 3.75. The van der Waals surface area contributed by atoms with Crippen molar-refractivity contribution in [2.24, 2.45) is 5.92 Å². The molecule has 2 aromatic rings. The van der Waals surface area contributed by atoms with E-state index < -0.39 is 0 Å². The molecule has 0 atom stereocenters. The average Bonchev–Trinajstić information content (AvgIpc) is 2.80. The Labute approximate surface area is 182 Å². The molecule has 31 heavy (non-hydrogen) atoms. The molecule has 1 fully saturated rings. The van der Waals surface area contributed by atoms with Crippen molar-refractivity contribution in [2.75, 3.05) is 32.0 Å². The van der Waals surface area contributed by atoms with E-state index in [1.807, 2.05) is 6.92 Å². The summed E-state index contributed by atoms with van der Waals surface area (Å²) in [4.78, 5) is 29.6. The van der Waals surface area contributed by atoms with Crippen LogP contribution in [0.1, 0.15) is 48.0 Å². The summed E-state index contributed by atoms with van der Waals surface area (Å²) in [5, 5.41) is 5.74. The normalized spacial score (nSPS) is 13.9. The molecular weight excluding hydrogens is 398 g/mol. The molecule has 1 aliphatic carbocycles. The molecule has 2 N–H and O–H groups in total. The maximum Gasteiger partial charge on any atom is 0.255 e. The molecule has 1 aromatic carbocycles. The van der Waals surface area contributed by atoms with Crippen LogP contribution < -0.4 is 24.8 Å². The van der Waals surface area contributed by atoms with E-state index in [1.165, 1.54) is 27.8 Å². The predicted octanol–water partition coefficient (Wildman–Crippen LogP) is 4.19. The van der Waals surface area contributed by atoms with Gasteiger partial charge in [0.25, 0.3) is 5.91 Å². The number of pyridine rings is 1. The summed E-state index contributed by atoms with van der Waals surface area (Å²) in [6, 6.07) is 4.92. The molecule has 0 aliphatic heterocycles. The lowest BCUT2D eigenvalue weighted by atomic mass is 9.89. The molecule has 2 amide bonds. The van der Waals surface area contributed by atoms with Gasteiger partial charge >= 0.3 is 0 Å². The fourth-order valence-electron chi connectivity index (χ4n) is 3.75. The second kappa shape index (κ2) is 10.1. The zero-order chi connectivity index (χ0) is 22.4. The Morgan fingerprint density at radius 3 is 2.13 bits per heavy atom. The molecule has 1 saturated carbocycles. The van der Waals surface area contributed by atoms with E-state index >= 15 is 0 Å². The van der Waals surface area contributed by atoms with Crippen molar-refractivity contribution >= 4 is 23.3 Å². The minimum absolute atomic E-state index is 0.0146. The molecule has 0 radical (unpaired) electrons. The number of hydrogen-bond donors (Lipinski definition) is 2. The number of amides is 2. The van der Waals surface area contributed by atoms with E-state index in [0.717, 1.165) is 31.2 Å². The highest BCUT2D eigenvalue weighted by Gasteiger charge is 2.22. The topological polar surface area (TPSA) is 98.8 Å². The van der Waals surface area contributed by atoms with E-state index in [9.17, 15) is 9.59 Å². The number of rotatable bonds is 7. The van der Waals surface area contributed by atoms with Crippen LogP contribution in [0.5, 0.6) is 17.2 Å². The van der Waals surface area contributed by atoms with Crippen LogP contribution in [0, 0.1) is 12.8 Å². The smallest absolute Gasteiger partial charge is 0.255 e. The third-order valence-electron chi connectivity index (χ3n) is 5.51. The Bertz CT molecular complexity index is 929. The molecule has 1 aliphatic rings. The van der Waals surface area contributed by atoms with Crippen LogP contribution in [-0.2, 0) is 4.79 Å². The van der Waals surface area contributed by atoms with Gasteiger partial charge in [-0.15, -0.1) is 0 Å². The summed E-state index contributed by atoms with van der Waals surface area (Å²) in [6.07, 6.45) is 6.78. The molecule has 1 aromatic heterocycles. The molecule has 8 heteroatoms. The minimum Gasteiger partial charge on any atom is -0.493 e. The van der Waals surface area contributed by atoms with Gasteiger partial charge in [-0.1, -0.05) is 19.3 Å². The van der Waals surface area contributed by atoms with Crippen LogP contribution in [0.4, 0.5) is 11.5 Å². The van der Waals surface area contributed by atoms with E-state index in [2.05, 4.69) is 15.6 Å². The van der Waals surface area contributed by atoms with Gasteiger partial charge in [0.15, 0.2) is 11.5 Å². The van der Waals surface area contributed by atoms with Gasteiger partial charge in [-0.2, -0.15) is 0 Å². The molecule has 0 saturated heterocycles. The summed E-state index contributed by atoms with van der Waals surface area (Å²) in [7, 11) is 4.49. The van der Waals surface area contributed by atoms with E-state index in [-0.39, 0.29) is 17.7 Å². The zero-order valence-electron chi connectivity index (χ0n) is 18.4. The summed E-state index contributed by atoms with van der Waals surface area (Å²) in [6.45, 7) is 1.85. The Kier molecular flexibility index (Phi) is 7.33. The fraction of sp³-hybridized carbons (Fsp3) is 0.435. The van der Waals surface area contributed by atoms with Gasteiger partial charge < -0.3 is 24.8 Å². The van der Waals surface area contributed by atoms with Gasteiger partial charge in [0, 0.05) is 11.5 Å². The molecule has 3 rings (SSSR count). The number of aryl methyl sites for hydroxylation is 1. The lowest BCUT2D eigenvalue weighted by molar-refractivity contribution is -0.120. The highest BCUT2D eigenvalue weighted by Crippen LogP contribution is 2.38. The standard InChI is InChI=1S/C23H29N3O5/c1-14-10-20(26-22(27)15-8-6-5-7-9-15)24-13-17(14)25-23(28)16-11-18(29-2)21(31-4)19(12-16)30-3/h10-13,15H,5-9H2,1-4H3,(H,25,28)(H,24,26,27). The molecule has 0 unspecified atom stereocenters. The van der Waals surface area contributed by atoms with Crippen LogP contribution in [-0.4, -0.2) is 38.1 Å². The summed E-state index contributed by atoms with van der Waals surface area (Å²) in [5.74, 6) is 1.40. The van der Waals surface area contributed by atoms with E-state index in [0.29, 0.717) is 34.3 Å². The first-order valence-electron chi connectivity index (χ1n) is 10.4. The highest BCUT2D eigenvalue weighted by molar-refractivity contribution is 6.05. The molecule has 1 heterocycles. The van der Waals surface area contributed by atoms with Crippen molar-refractivity contribution in [3.8, 4) is 17.2 Å². The third-order valence-corrected chi connectivity index (χ3v) is 5.51. The first-order valence-corrected chi connectivity index (χ1v) is 10.4.